The van der Waals surface area contributed by atoms with Crippen LogP contribution in [0.5, 0.6) is 0 Å². The summed E-state index contributed by atoms with van der Waals surface area (Å²) in [6.07, 6.45) is 0.855. The van der Waals surface area contributed by atoms with Crippen molar-refractivity contribution < 1.29 is 4.42 Å². The fraction of sp³-hybridized carbons (Fsp3) is 0.0455. The minimum Gasteiger partial charge on any atom is -0.422 e. The molecule has 1 heterocycles. The minimum atomic E-state index is -0.280. The fourth-order valence-electron chi connectivity index (χ4n) is 3.66. The third-order valence-corrected chi connectivity index (χ3v) is 4.78. The number of benzene rings is 3. The largest absolute Gasteiger partial charge is 0.422 e. The zero-order valence-electron chi connectivity index (χ0n) is 13.0. The Balaban J connectivity index is 1.78. The molecular formula is C22H14O2. The molecule has 3 aromatic carbocycles. The van der Waals surface area contributed by atoms with Crippen LogP contribution < -0.4 is 5.63 Å². The Kier molecular flexibility index (Phi) is 2.74. The zero-order chi connectivity index (χ0) is 16.1. The first-order valence-corrected chi connectivity index (χ1v) is 8.05. The maximum atomic E-state index is 12.5. The molecule has 24 heavy (non-hydrogen) atoms. The third-order valence-electron chi connectivity index (χ3n) is 4.78. The van der Waals surface area contributed by atoms with Crippen molar-refractivity contribution >= 4 is 11.0 Å². The van der Waals surface area contributed by atoms with Crippen LogP contribution in [0.15, 0.2) is 82.0 Å². The van der Waals surface area contributed by atoms with Crippen LogP contribution >= 0.6 is 0 Å². The van der Waals surface area contributed by atoms with E-state index in [1.54, 1.807) is 0 Å². The highest BCUT2D eigenvalue weighted by Crippen LogP contribution is 2.41. The second kappa shape index (κ2) is 4.93. The van der Waals surface area contributed by atoms with Crippen molar-refractivity contribution in [3.05, 3.63) is 94.3 Å². The molecule has 0 N–H and O–H groups in total. The van der Waals surface area contributed by atoms with Gasteiger partial charge in [0.1, 0.15) is 5.58 Å². The van der Waals surface area contributed by atoms with Gasteiger partial charge in [-0.1, -0.05) is 60.7 Å². The first-order valence-electron chi connectivity index (χ1n) is 8.05. The van der Waals surface area contributed by atoms with Gasteiger partial charge in [0.25, 0.3) is 0 Å². The van der Waals surface area contributed by atoms with Crippen LogP contribution in [0.2, 0.25) is 0 Å². The SMILES string of the molecule is O=c1oc2ccccc2cc1-c1cccc2c1Cc1ccccc1-2. The quantitative estimate of drug-likeness (QED) is 0.406. The van der Waals surface area contributed by atoms with Crippen LogP contribution in [0, 0.1) is 0 Å². The molecule has 0 amide bonds. The van der Waals surface area contributed by atoms with Gasteiger partial charge < -0.3 is 4.42 Å². The van der Waals surface area contributed by atoms with E-state index in [1.165, 1.54) is 22.3 Å². The van der Waals surface area contributed by atoms with Gasteiger partial charge in [-0.05, 0) is 46.4 Å². The second-order valence-electron chi connectivity index (χ2n) is 6.15. The normalized spacial score (nSPS) is 12.2. The molecule has 5 rings (SSSR count). The number of rotatable bonds is 1. The van der Waals surface area contributed by atoms with E-state index in [1.807, 2.05) is 42.5 Å². The van der Waals surface area contributed by atoms with Crippen molar-refractivity contribution in [2.45, 2.75) is 6.42 Å². The Labute approximate surface area is 139 Å². The Hall–Kier alpha value is -3.13. The maximum Gasteiger partial charge on any atom is 0.344 e. The highest BCUT2D eigenvalue weighted by molar-refractivity contribution is 5.87. The average molecular weight is 310 g/mol. The molecule has 114 valence electrons. The van der Waals surface area contributed by atoms with Gasteiger partial charge in [0.15, 0.2) is 0 Å². The molecule has 2 nitrogen and oxygen atoms in total. The van der Waals surface area contributed by atoms with E-state index in [4.69, 9.17) is 4.42 Å². The van der Waals surface area contributed by atoms with Crippen molar-refractivity contribution in [3.63, 3.8) is 0 Å². The Morgan fingerprint density at radius 3 is 2.33 bits per heavy atom. The van der Waals surface area contributed by atoms with Crippen LogP contribution in [0.4, 0.5) is 0 Å². The lowest BCUT2D eigenvalue weighted by Crippen LogP contribution is -2.04. The minimum absolute atomic E-state index is 0.280. The third kappa shape index (κ3) is 1.86. The molecular weight excluding hydrogens is 296 g/mol. The van der Waals surface area contributed by atoms with Gasteiger partial charge in [-0.3, -0.25) is 0 Å². The summed E-state index contributed by atoms with van der Waals surface area (Å²) in [5.74, 6) is 0. The lowest BCUT2D eigenvalue weighted by molar-refractivity contribution is 0.563. The number of para-hydroxylation sites is 1. The maximum absolute atomic E-state index is 12.5. The van der Waals surface area contributed by atoms with Crippen molar-refractivity contribution in [2.24, 2.45) is 0 Å². The van der Waals surface area contributed by atoms with Gasteiger partial charge >= 0.3 is 5.63 Å². The van der Waals surface area contributed by atoms with Crippen molar-refractivity contribution in [1.29, 1.82) is 0 Å². The molecule has 0 unspecified atom stereocenters. The highest BCUT2D eigenvalue weighted by Gasteiger charge is 2.22. The lowest BCUT2D eigenvalue weighted by atomic mass is 9.96. The monoisotopic (exact) mass is 310 g/mol. The van der Waals surface area contributed by atoms with Crippen LogP contribution in [0.1, 0.15) is 11.1 Å². The van der Waals surface area contributed by atoms with E-state index in [2.05, 4.69) is 30.3 Å². The van der Waals surface area contributed by atoms with Crippen LogP contribution in [-0.4, -0.2) is 0 Å². The standard InChI is InChI=1S/C22H14O2/c23-22-20(13-15-7-2-4-11-21(15)24-22)18-10-5-9-17-16-8-3-1-6-14(16)12-19(17)18/h1-11,13H,12H2. The van der Waals surface area contributed by atoms with Gasteiger partial charge in [-0.2, -0.15) is 0 Å². The summed E-state index contributed by atoms with van der Waals surface area (Å²) in [5.41, 5.74) is 6.96. The topological polar surface area (TPSA) is 30.2 Å². The molecule has 0 saturated heterocycles. The van der Waals surface area contributed by atoms with Gasteiger partial charge in [0.05, 0.1) is 5.56 Å². The molecule has 0 radical (unpaired) electrons. The molecule has 0 aliphatic heterocycles. The summed E-state index contributed by atoms with van der Waals surface area (Å²) >= 11 is 0. The first kappa shape index (κ1) is 13.3. The van der Waals surface area contributed by atoms with Crippen molar-refractivity contribution in [3.8, 4) is 22.3 Å². The average Bonchev–Trinajstić information content (AvgIpc) is 3.00. The zero-order valence-corrected chi connectivity index (χ0v) is 13.0. The highest BCUT2D eigenvalue weighted by atomic mass is 16.4. The van der Waals surface area contributed by atoms with E-state index >= 15 is 0 Å². The summed E-state index contributed by atoms with van der Waals surface area (Å²) in [6.45, 7) is 0. The summed E-state index contributed by atoms with van der Waals surface area (Å²) < 4.78 is 5.53. The van der Waals surface area contributed by atoms with Gasteiger partial charge in [0, 0.05) is 5.39 Å². The Bertz CT molecular complexity index is 1150. The van der Waals surface area contributed by atoms with E-state index in [-0.39, 0.29) is 5.63 Å². The molecule has 1 aliphatic rings. The smallest absolute Gasteiger partial charge is 0.344 e. The van der Waals surface area contributed by atoms with Crippen LogP contribution in [0.3, 0.4) is 0 Å². The molecule has 0 saturated carbocycles. The summed E-state index contributed by atoms with van der Waals surface area (Å²) in [6, 6.07) is 24.2. The Morgan fingerprint density at radius 1 is 0.708 bits per heavy atom. The number of fused-ring (bicyclic) bond motifs is 4. The van der Waals surface area contributed by atoms with Crippen molar-refractivity contribution in [2.75, 3.05) is 0 Å². The van der Waals surface area contributed by atoms with Crippen LogP contribution in [0.25, 0.3) is 33.2 Å². The van der Waals surface area contributed by atoms with Crippen LogP contribution in [-0.2, 0) is 6.42 Å². The fourth-order valence-corrected chi connectivity index (χ4v) is 3.66. The molecule has 0 atom stereocenters. The second-order valence-corrected chi connectivity index (χ2v) is 6.15. The van der Waals surface area contributed by atoms with Gasteiger partial charge in [-0.15, -0.1) is 0 Å². The predicted octanol–water partition coefficient (Wildman–Crippen LogP) is 5.03. The van der Waals surface area contributed by atoms with E-state index < -0.39 is 0 Å². The predicted molar refractivity (Wildman–Crippen MR) is 96.2 cm³/mol. The molecule has 0 spiro atoms. The van der Waals surface area contributed by atoms with Crippen molar-refractivity contribution in [1.82, 2.24) is 0 Å². The molecule has 0 fully saturated rings. The summed E-state index contributed by atoms with van der Waals surface area (Å²) in [5, 5.41) is 0.945. The van der Waals surface area contributed by atoms with Gasteiger partial charge in [-0.25, -0.2) is 4.79 Å². The summed E-state index contributed by atoms with van der Waals surface area (Å²) in [7, 11) is 0. The molecule has 4 aromatic rings. The van der Waals surface area contributed by atoms with Gasteiger partial charge in [0.2, 0.25) is 0 Å². The lowest BCUT2D eigenvalue weighted by Gasteiger charge is -2.08. The van der Waals surface area contributed by atoms with E-state index in [9.17, 15) is 4.79 Å². The molecule has 1 aliphatic carbocycles. The van der Waals surface area contributed by atoms with E-state index in [0.29, 0.717) is 11.1 Å². The molecule has 0 bridgehead atoms. The van der Waals surface area contributed by atoms with E-state index in [0.717, 1.165) is 17.4 Å². The first-order chi connectivity index (χ1) is 11.8. The number of hydrogen-bond donors (Lipinski definition) is 0. The number of hydrogen-bond acceptors (Lipinski definition) is 2. The summed E-state index contributed by atoms with van der Waals surface area (Å²) in [4.78, 5) is 12.5. The molecule has 2 heteroatoms. The Morgan fingerprint density at radius 2 is 1.42 bits per heavy atom. The molecule has 1 aromatic heterocycles.